The van der Waals surface area contributed by atoms with Gasteiger partial charge in [0.1, 0.15) is 15.5 Å². The Morgan fingerprint density at radius 3 is 2.59 bits per heavy atom. The molecule has 2 heterocycles. The topological polar surface area (TPSA) is 102 Å². The first kappa shape index (κ1) is 18.5. The highest BCUT2D eigenvalue weighted by molar-refractivity contribution is 7.20. The molecule has 0 spiro atoms. The Morgan fingerprint density at radius 2 is 1.93 bits per heavy atom. The molecule has 0 radical (unpaired) electrons. The zero-order chi connectivity index (χ0) is 19.6. The van der Waals surface area contributed by atoms with Gasteiger partial charge in [0.25, 0.3) is 5.91 Å². The van der Waals surface area contributed by atoms with Crippen LogP contribution in [0.5, 0.6) is 0 Å². The molecule has 0 fully saturated rings. The molecule has 0 atom stereocenters. The first-order valence-corrected chi connectivity index (χ1v) is 8.64. The number of carbonyl (C=O) groups is 3. The number of halogens is 1. The van der Waals surface area contributed by atoms with Gasteiger partial charge in [-0.25, -0.2) is 13.9 Å². The smallest absolute Gasteiger partial charge is 0.348 e. The zero-order valence-electron chi connectivity index (χ0n) is 14.4. The molecule has 8 nitrogen and oxygen atoms in total. The number of esters is 1. The van der Waals surface area contributed by atoms with Gasteiger partial charge in [-0.15, -0.1) is 11.3 Å². The molecule has 3 aromatic rings. The molecular weight excluding hydrogens is 375 g/mol. The van der Waals surface area contributed by atoms with E-state index in [1.165, 1.54) is 19.1 Å². The Kier molecular flexibility index (Phi) is 5.17. The van der Waals surface area contributed by atoms with E-state index in [0.29, 0.717) is 21.1 Å². The molecule has 2 N–H and O–H groups in total. The van der Waals surface area contributed by atoms with Crippen LogP contribution in [0.2, 0.25) is 0 Å². The number of fused-ring (bicyclic) bond motifs is 1. The van der Waals surface area contributed by atoms with Gasteiger partial charge in [0.05, 0.1) is 11.4 Å². The SMILES string of the molecule is CC(=O)NNC(=O)COC(=O)c1cc2c(C)nn(-c3ccc(F)cc3)c2s1. The zero-order valence-corrected chi connectivity index (χ0v) is 15.2. The average molecular weight is 390 g/mol. The van der Waals surface area contributed by atoms with Crippen LogP contribution in [0.3, 0.4) is 0 Å². The van der Waals surface area contributed by atoms with Gasteiger partial charge >= 0.3 is 5.97 Å². The predicted octanol–water partition coefficient (Wildman–Crippen LogP) is 1.86. The van der Waals surface area contributed by atoms with E-state index in [2.05, 4.69) is 16.0 Å². The predicted molar refractivity (Wildman–Crippen MR) is 95.9 cm³/mol. The number of carbonyl (C=O) groups excluding carboxylic acids is 3. The minimum Gasteiger partial charge on any atom is -0.451 e. The molecule has 2 aromatic heterocycles. The lowest BCUT2D eigenvalue weighted by Gasteiger charge is -2.05. The Balaban J connectivity index is 1.77. The molecule has 0 saturated carbocycles. The number of rotatable bonds is 4. The number of hydrazine groups is 1. The molecule has 27 heavy (non-hydrogen) atoms. The summed E-state index contributed by atoms with van der Waals surface area (Å²) < 4.78 is 19.7. The van der Waals surface area contributed by atoms with Crippen LogP contribution in [0, 0.1) is 12.7 Å². The lowest BCUT2D eigenvalue weighted by atomic mass is 10.3. The molecule has 10 heteroatoms. The third-order valence-electron chi connectivity index (χ3n) is 3.53. The molecule has 0 aliphatic heterocycles. The van der Waals surface area contributed by atoms with Crippen molar-refractivity contribution in [1.82, 2.24) is 20.6 Å². The van der Waals surface area contributed by atoms with E-state index >= 15 is 0 Å². The van der Waals surface area contributed by atoms with Crippen LogP contribution in [-0.4, -0.2) is 34.2 Å². The molecule has 0 aliphatic carbocycles. The number of aryl methyl sites for hydroxylation is 1. The summed E-state index contributed by atoms with van der Waals surface area (Å²) >= 11 is 1.15. The fraction of sp³-hybridized carbons (Fsp3) is 0.176. The largest absolute Gasteiger partial charge is 0.451 e. The normalized spacial score (nSPS) is 10.6. The summed E-state index contributed by atoms with van der Waals surface area (Å²) in [5, 5.41) is 5.18. The Labute approximate surface area is 156 Å². The molecular formula is C17H15FN4O4S. The minimum atomic E-state index is -0.667. The quantitative estimate of drug-likeness (QED) is 0.523. The van der Waals surface area contributed by atoms with Gasteiger partial charge < -0.3 is 4.74 Å². The number of nitrogens with zero attached hydrogens (tertiary/aromatic N) is 2. The minimum absolute atomic E-state index is 0.300. The Bertz CT molecular complexity index is 1030. The number of aromatic nitrogens is 2. The van der Waals surface area contributed by atoms with Crippen molar-refractivity contribution in [3.05, 3.63) is 46.7 Å². The summed E-state index contributed by atoms with van der Waals surface area (Å²) in [4.78, 5) is 35.4. The number of hydrogen-bond acceptors (Lipinski definition) is 6. The van der Waals surface area contributed by atoms with E-state index in [9.17, 15) is 18.8 Å². The van der Waals surface area contributed by atoms with Crippen LogP contribution < -0.4 is 10.9 Å². The summed E-state index contributed by atoms with van der Waals surface area (Å²) in [7, 11) is 0. The van der Waals surface area contributed by atoms with Crippen molar-refractivity contribution in [3.8, 4) is 5.69 Å². The van der Waals surface area contributed by atoms with E-state index in [1.54, 1.807) is 29.8 Å². The first-order valence-electron chi connectivity index (χ1n) is 7.83. The molecule has 2 amide bonds. The number of benzene rings is 1. The number of thiophene rings is 1. The fourth-order valence-corrected chi connectivity index (χ4v) is 3.38. The third kappa shape index (κ3) is 4.11. The summed E-state index contributed by atoms with van der Waals surface area (Å²) in [5.74, 6) is -2.13. The molecule has 140 valence electrons. The molecule has 0 unspecified atom stereocenters. The standard InChI is InChI=1S/C17H15FN4O4S/c1-9-13-7-14(17(25)26-8-15(24)20-19-10(2)23)27-16(13)22(21-9)12-5-3-11(18)4-6-12/h3-7H,8H2,1-2H3,(H,19,23)(H,20,24). The van der Waals surface area contributed by atoms with Crippen LogP contribution in [-0.2, 0) is 14.3 Å². The van der Waals surface area contributed by atoms with Crippen molar-refractivity contribution in [2.75, 3.05) is 6.61 Å². The highest BCUT2D eigenvalue weighted by atomic mass is 32.1. The van der Waals surface area contributed by atoms with Crippen molar-refractivity contribution in [2.45, 2.75) is 13.8 Å². The second-order valence-electron chi connectivity index (χ2n) is 5.61. The molecule has 1 aromatic carbocycles. The maximum atomic E-state index is 13.1. The van der Waals surface area contributed by atoms with E-state index in [4.69, 9.17) is 4.74 Å². The second kappa shape index (κ2) is 7.54. The van der Waals surface area contributed by atoms with Gasteiger partial charge in [0, 0.05) is 12.3 Å². The van der Waals surface area contributed by atoms with Crippen molar-refractivity contribution in [3.63, 3.8) is 0 Å². The van der Waals surface area contributed by atoms with E-state index in [1.807, 2.05) is 0 Å². The number of nitrogens with one attached hydrogen (secondary N) is 2. The highest BCUT2D eigenvalue weighted by Crippen LogP contribution is 2.30. The average Bonchev–Trinajstić information content (AvgIpc) is 3.19. The van der Waals surface area contributed by atoms with Crippen molar-refractivity contribution in [1.29, 1.82) is 0 Å². The molecule has 3 rings (SSSR count). The van der Waals surface area contributed by atoms with Crippen molar-refractivity contribution in [2.24, 2.45) is 0 Å². The molecule has 0 aliphatic rings. The summed E-state index contributed by atoms with van der Waals surface area (Å²) in [6.45, 7) is 2.50. The van der Waals surface area contributed by atoms with Gasteiger partial charge in [-0.05, 0) is 37.3 Å². The van der Waals surface area contributed by atoms with Crippen LogP contribution in [0.1, 0.15) is 22.3 Å². The van der Waals surface area contributed by atoms with Crippen LogP contribution in [0.15, 0.2) is 30.3 Å². The van der Waals surface area contributed by atoms with E-state index < -0.39 is 24.4 Å². The number of amides is 2. The van der Waals surface area contributed by atoms with Gasteiger partial charge in [-0.3, -0.25) is 20.4 Å². The maximum Gasteiger partial charge on any atom is 0.348 e. The lowest BCUT2D eigenvalue weighted by Crippen LogP contribution is -2.42. The first-order chi connectivity index (χ1) is 12.8. The van der Waals surface area contributed by atoms with Crippen LogP contribution in [0.4, 0.5) is 4.39 Å². The second-order valence-corrected chi connectivity index (χ2v) is 6.64. The lowest BCUT2D eigenvalue weighted by molar-refractivity contribution is -0.129. The number of hydrogen-bond donors (Lipinski definition) is 2. The Morgan fingerprint density at radius 1 is 1.22 bits per heavy atom. The van der Waals surface area contributed by atoms with Crippen molar-refractivity contribution < 1.29 is 23.5 Å². The third-order valence-corrected chi connectivity index (χ3v) is 4.62. The fourth-order valence-electron chi connectivity index (χ4n) is 2.30. The molecule has 0 bridgehead atoms. The van der Waals surface area contributed by atoms with Crippen LogP contribution in [0.25, 0.3) is 15.9 Å². The summed E-state index contributed by atoms with van der Waals surface area (Å²) in [6.07, 6.45) is 0. The summed E-state index contributed by atoms with van der Waals surface area (Å²) in [6, 6.07) is 7.47. The van der Waals surface area contributed by atoms with Crippen molar-refractivity contribution >= 4 is 39.3 Å². The van der Waals surface area contributed by atoms with E-state index in [-0.39, 0.29) is 5.82 Å². The highest BCUT2D eigenvalue weighted by Gasteiger charge is 2.19. The van der Waals surface area contributed by atoms with Crippen LogP contribution >= 0.6 is 11.3 Å². The van der Waals surface area contributed by atoms with Gasteiger partial charge in [0.2, 0.25) is 5.91 Å². The van der Waals surface area contributed by atoms with E-state index in [0.717, 1.165) is 16.7 Å². The monoisotopic (exact) mass is 390 g/mol. The molecule has 0 saturated heterocycles. The summed E-state index contributed by atoms with van der Waals surface area (Å²) in [5.41, 5.74) is 5.56. The Hall–Kier alpha value is -3.27. The maximum absolute atomic E-state index is 13.1. The van der Waals surface area contributed by atoms with Gasteiger partial charge in [0.15, 0.2) is 6.61 Å². The van der Waals surface area contributed by atoms with Gasteiger partial charge in [-0.2, -0.15) is 5.10 Å². The van der Waals surface area contributed by atoms with Gasteiger partial charge in [-0.1, -0.05) is 0 Å². The number of ether oxygens (including phenoxy) is 1.